The van der Waals surface area contributed by atoms with Gasteiger partial charge in [-0.3, -0.25) is 0 Å². The van der Waals surface area contributed by atoms with E-state index in [-0.39, 0.29) is 0 Å². The summed E-state index contributed by atoms with van der Waals surface area (Å²) in [5.74, 6) is 0.757. The third kappa shape index (κ3) is 13.9. The van der Waals surface area contributed by atoms with Gasteiger partial charge in [-0.25, -0.2) is 0 Å². The van der Waals surface area contributed by atoms with Crippen LogP contribution in [0.1, 0.15) is 52.9 Å². The highest BCUT2D eigenvalue weighted by molar-refractivity contribution is 4.44. The first-order chi connectivity index (χ1) is 7.27. The molecule has 0 aliphatic carbocycles. The largest absolute Gasteiger partial charge is 0.381 e. The van der Waals surface area contributed by atoms with Crippen molar-refractivity contribution in [3.05, 3.63) is 0 Å². The van der Waals surface area contributed by atoms with Gasteiger partial charge in [-0.05, 0) is 38.0 Å². The summed E-state index contributed by atoms with van der Waals surface area (Å²) in [7, 11) is 0. The summed E-state index contributed by atoms with van der Waals surface area (Å²) in [6.45, 7) is 10.3. The molecule has 0 spiro atoms. The summed E-state index contributed by atoms with van der Waals surface area (Å²) in [4.78, 5) is 0. The summed E-state index contributed by atoms with van der Waals surface area (Å²) < 4.78 is 10.9. The monoisotopic (exact) mass is 216 g/mol. The van der Waals surface area contributed by atoms with E-state index in [1.54, 1.807) is 0 Å². The zero-order chi connectivity index (χ0) is 11.4. The molecule has 0 heterocycles. The fourth-order valence-electron chi connectivity index (χ4n) is 1.25. The topological polar surface area (TPSA) is 18.5 Å². The van der Waals surface area contributed by atoms with Gasteiger partial charge in [0, 0.05) is 26.4 Å². The van der Waals surface area contributed by atoms with Crippen LogP contribution >= 0.6 is 0 Å². The second-order valence-corrected chi connectivity index (χ2v) is 4.47. The number of rotatable bonds is 11. The number of unbranched alkanes of at least 4 members (excludes halogenated alkanes) is 2. The van der Waals surface area contributed by atoms with Gasteiger partial charge in [0.25, 0.3) is 0 Å². The van der Waals surface area contributed by atoms with E-state index in [1.807, 2.05) is 0 Å². The minimum absolute atomic E-state index is 0.757. The van der Waals surface area contributed by atoms with Gasteiger partial charge < -0.3 is 9.47 Å². The summed E-state index contributed by atoms with van der Waals surface area (Å²) in [6, 6.07) is 0. The van der Waals surface area contributed by atoms with E-state index >= 15 is 0 Å². The third-order valence-corrected chi connectivity index (χ3v) is 2.27. The van der Waals surface area contributed by atoms with Gasteiger partial charge in [-0.15, -0.1) is 0 Å². The zero-order valence-electron chi connectivity index (χ0n) is 10.8. The summed E-state index contributed by atoms with van der Waals surface area (Å²) in [6.07, 6.45) is 5.88. The Morgan fingerprint density at radius 1 is 0.800 bits per heavy atom. The molecule has 15 heavy (non-hydrogen) atoms. The standard InChI is InChI=1S/C13H28O2/c1-4-9-14-10-6-5-7-11-15-12-8-13(2)3/h13H,4-12H2,1-3H3. The van der Waals surface area contributed by atoms with E-state index in [4.69, 9.17) is 9.47 Å². The lowest BCUT2D eigenvalue weighted by Crippen LogP contribution is -2.01. The first-order valence-electron chi connectivity index (χ1n) is 6.42. The summed E-state index contributed by atoms with van der Waals surface area (Å²) in [5.41, 5.74) is 0. The van der Waals surface area contributed by atoms with Crippen LogP contribution in [0.2, 0.25) is 0 Å². The Morgan fingerprint density at radius 2 is 1.40 bits per heavy atom. The summed E-state index contributed by atoms with van der Waals surface area (Å²) in [5, 5.41) is 0. The fraction of sp³-hybridized carbons (Fsp3) is 1.00. The van der Waals surface area contributed by atoms with Crippen molar-refractivity contribution in [1.29, 1.82) is 0 Å². The average molecular weight is 216 g/mol. The lowest BCUT2D eigenvalue weighted by atomic mass is 10.1. The highest BCUT2D eigenvalue weighted by Gasteiger charge is 1.94. The van der Waals surface area contributed by atoms with Crippen LogP contribution in [0.3, 0.4) is 0 Å². The van der Waals surface area contributed by atoms with E-state index in [1.165, 1.54) is 25.7 Å². The smallest absolute Gasteiger partial charge is 0.0468 e. The molecule has 2 nitrogen and oxygen atoms in total. The Bertz CT molecular complexity index is 113. The third-order valence-electron chi connectivity index (χ3n) is 2.27. The maximum atomic E-state index is 5.53. The van der Waals surface area contributed by atoms with Crippen molar-refractivity contribution in [3.8, 4) is 0 Å². The molecule has 0 saturated carbocycles. The Kier molecular flexibility index (Phi) is 11.9. The van der Waals surface area contributed by atoms with Gasteiger partial charge in [0.05, 0.1) is 0 Å². The highest BCUT2D eigenvalue weighted by Crippen LogP contribution is 2.01. The van der Waals surface area contributed by atoms with E-state index in [9.17, 15) is 0 Å². The Balaban J connectivity index is 2.87. The maximum Gasteiger partial charge on any atom is 0.0468 e. The molecule has 0 bridgehead atoms. The predicted octanol–water partition coefficient (Wildman–Crippen LogP) is 3.65. The molecule has 0 rings (SSSR count). The van der Waals surface area contributed by atoms with Gasteiger partial charge in [0.1, 0.15) is 0 Å². The minimum Gasteiger partial charge on any atom is -0.381 e. The molecular weight excluding hydrogens is 188 g/mol. The zero-order valence-corrected chi connectivity index (χ0v) is 10.8. The number of ether oxygens (including phenoxy) is 2. The fourth-order valence-corrected chi connectivity index (χ4v) is 1.25. The van der Waals surface area contributed by atoms with Crippen LogP contribution in [0.25, 0.3) is 0 Å². The molecule has 0 amide bonds. The van der Waals surface area contributed by atoms with E-state index in [2.05, 4.69) is 20.8 Å². The molecule has 0 aromatic heterocycles. The van der Waals surface area contributed by atoms with Gasteiger partial charge in [0.15, 0.2) is 0 Å². The first-order valence-corrected chi connectivity index (χ1v) is 6.42. The molecule has 92 valence electrons. The lowest BCUT2D eigenvalue weighted by Gasteiger charge is -2.06. The van der Waals surface area contributed by atoms with E-state index in [0.29, 0.717) is 0 Å². The molecule has 0 fully saturated rings. The van der Waals surface area contributed by atoms with Crippen LogP contribution in [0.5, 0.6) is 0 Å². The molecule has 2 heteroatoms. The average Bonchev–Trinajstić information content (AvgIpc) is 2.20. The van der Waals surface area contributed by atoms with Gasteiger partial charge in [-0.1, -0.05) is 20.8 Å². The quantitative estimate of drug-likeness (QED) is 0.491. The van der Waals surface area contributed by atoms with Gasteiger partial charge >= 0.3 is 0 Å². The van der Waals surface area contributed by atoms with Crippen molar-refractivity contribution in [3.63, 3.8) is 0 Å². The molecule has 0 aliphatic rings. The van der Waals surface area contributed by atoms with Crippen LogP contribution in [0.4, 0.5) is 0 Å². The predicted molar refractivity (Wildman–Crippen MR) is 65.2 cm³/mol. The van der Waals surface area contributed by atoms with Crippen molar-refractivity contribution in [1.82, 2.24) is 0 Å². The van der Waals surface area contributed by atoms with Gasteiger partial charge in [0.2, 0.25) is 0 Å². The SMILES string of the molecule is CCCOCCCCCOCCC(C)C. The van der Waals surface area contributed by atoms with Crippen LogP contribution in [-0.2, 0) is 9.47 Å². The van der Waals surface area contributed by atoms with Crippen LogP contribution in [-0.4, -0.2) is 26.4 Å². The van der Waals surface area contributed by atoms with Crippen LogP contribution < -0.4 is 0 Å². The first kappa shape index (κ1) is 14.9. The molecule has 0 unspecified atom stereocenters. The molecule has 0 atom stereocenters. The normalized spacial score (nSPS) is 11.2. The Labute approximate surface area is 95.3 Å². The van der Waals surface area contributed by atoms with Crippen molar-refractivity contribution in [2.24, 2.45) is 5.92 Å². The highest BCUT2D eigenvalue weighted by atomic mass is 16.5. The second-order valence-electron chi connectivity index (χ2n) is 4.47. The second kappa shape index (κ2) is 12.0. The Morgan fingerprint density at radius 3 is 1.93 bits per heavy atom. The molecule has 0 N–H and O–H groups in total. The van der Waals surface area contributed by atoms with Crippen LogP contribution in [0, 0.1) is 5.92 Å². The molecular formula is C13H28O2. The molecule has 0 aromatic carbocycles. The molecule has 0 aromatic rings. The van der Waals surface area contributed by atoms with Crippen molar-refractivity contribution in [2.45, 2.75) is 52.9 Å². The van der Waals surface area contributed by atoms with Crippen molar-refractivity contribution in [2.75, 3.05) is 26.4 Å². The van der Waals surface area contributed by atoms with E-state index < -0.39 is 0 Å². The lowest BCUT2D eigenvalue weighted by molar-refractivity contribution is 0.109. The minimum atomic E-state index is 0.757. The Hall–Kier alpha value is -0.0800. The summed E-state index contributed by atoms with van der Waals surface area (Å²) >= 11 is 0. The number of hydrogen-bond donors (Lipinski definition) is 0. The molecule has 0 saturated heterocycles. The van der Waals surface area contributed by atoms with Gasteiger partial charge in [-0.2, -0.15) is 0 Å². The van der Waals surface area contributed by atoms with Crippen molar-refractivity contribution >= 4 is 0 Å². The molecule has 0 aliphatic heterocycles. The maximum absolute atomic E-state index is 5.53. The van der Waals surface area contributed by atoms with Crippen molar-refractivity contribution < 1.29 is 9.47 Å². The van der Waals surface area contributed by atoms with E-state index in [0.717, 1.165) is 38.8 Å². The van der Waals surface area contributed by atoms with Crippen LogP contribution in [0.15, 0.2) is 0 Å². The number of hydrogen-bond acceptors (Lipinski definition) is 2. The molecule has 0 radical (unpaired) electrons.